The van der Waals surface area contributed by atoms with Crippen molar-refractivity contribution in [1.82, 2.24) is 4.90 Å². The first-order chi connectivity index (χ1) is 12.5. The molecule has 2 aromatic rings. The summed E-state index contributed by atoms with van der Waals surface area (Å²) in [5.74, 6) is 0.458. The van der Waals surface area contributed by atoms with E-state index in [1.54, 1.807) is 0 Å². The van der Waals surface area contributed by atoms with Crippen molar-refractivity contribution in [3.63, 3.8) is 0 Å². The minimum atomic E-state index is 0.0196. The van der Waals surface area contributed by atoms with Gasteiger partial charge in [-0.05, 0) is 55.7 Å². The zero-order valence-electron chi connectivity index (χ0n) is 16.4. The Kier molecular flexibility index (Phi) is 5.65. The van der Waals surface area contributed by atoms with Gasteiger partial charge in [-0.2, -0.15) is 0 Å². The molecule has 3 heteroatoms. The van der Waals surface area contributed by atoms with Crippen LogP contribution in [0, 0.1) is 19.8 Å². The van der Waals surface area contributed by atoms with Crippen LogP contribution in [0.5, 0.6) is 0 Å². The standard InChI is InChI=1S/C23H30N2O/c1-5-19-10-6-8-17(3)21(19)24-23(26)25-15-7-9-18(4)22(25)20-13-11-16(2)12-14-20/h6,8,10-14,18,22H,5,7,9,15H2,1-4H3,(H,24,26). The number of carbonyl (C=O) groups excluding carboxylic acids is 1. The van der Waals surface area contributed by atoms with Gasteiger partial charge in [0, 0.05) is 12.2 Å². The van der Waals surface area contributed by atoms with Crippen LogP contribution >= 0.6 is 0 Å². The van der Waals surface area contributed by atoms with E-state index in [9.17, 15) is 4.79 Å². The fraction of sp³-hybridized carbons (Fsp3) is 0.435. The number of likely N-dealkylation sites (tertiary alicyclic amines) is 1. The Labute approximate surface area is 157 Å². The fourth-order valence-corrected chi connectivity index (χ4v) is 4.07. The van der Waals surface area contributed by atoms with Gasteiger partial charge in [0.2, 0.25) is 0 Å². The number of piperidine rings is 1. The molecule has 26 heavy (non-hydrogen) atoms. The van der Waals surface area contributed by atoms with E-state index in [0.717, 1.165) is 37.1 Å². The summed E-state index contributed by atoms with van der Waals surface area (Å²) in [4.78, 5) is 15.2. The lowest BCUT2D eigenvalue weighted by Crippen LogP contribution is -2.44. The maximum Gasteiger partial charge on any atom is 0.322 e. The monoisotopic (exact) mass is 350 g/mol. The van der Waals surface area contributed by atoms with Gasteiger partial charge in [0.1, 0.15) is 0 Å². The topological polar surface area (TPSA) is 32.3 Å². The van der Waals surface area contributed by atoms with Crippen molar-refractivity contribution in [3.05, 3.63) is 64.7 Å². The summed E-state index contributed by atoms with van der Waals surface area (Å²) in [6, 6.07) is 15.0. The molecule has 0 aliphatic carbocycles. The lowest BCUT2D eigenvalue weighted by Gasteiger charge is -2.40. The molecule has 1 saturated heterocycles. The molecule has 1 aliphatic heterocycles. The number of aryl methyl sites for hydroxylation is 3. The van der Waals surface area contributed by atoms with Crippen LogP contribution in [0.25, 0.3) is 0 Å². The van der Waals surface area contributed by atoms with Gasteiger partial charge in [-0.25, -0.2) is 4.79 Å². The molecule has 2 aromatic carbocycles. The molecule has 138 valence electrons. The van der Waals surface area contributed by atoms with E-state index >= 15 is 0 Å². The summed E-state index contributed by atoms with van der Waals surface area (Å²) < 4.78 is 0. The normalized spacial score (nSPS) is 20.1. The molecule has 3 nitrogen and oxygen atoms in total. The number of benzene rings is 2. The molecule has 1 N–H and O–H groups in total. The molecule has 2 atom stereocenters. The van der Waals surface area contributed by atoms with Gasteiger partial charge < -0.3 is 10.2 Å². The number of hydrogen-bond acceptors (Lipinski definition) is 1. The summed E-state index contributed by atoms with van der Waals surface area (Å²) in [5.41, 5.74) is 5.77. The average Bonchev–Trinajstić information content (AvgIpc) is 2.64. The molecular formula is C23H30N2O. The molecule has 1 aliphatic rings. The Bertz CT molecular complexity index is 766. The van der Waals surface area contributed by atoms with Crippen LogP contribution < -0.4 is 5.32 Å². The molecule has 2 amide bonds. The molecule has 0 saturated carbocycles. The van der Waals surface area contributed by atoms with Gasteiger partial charge >= 0.3 is 6.03 Å². The van der Waals surface area contributed by atoms with Crippen molar-refractivity contribution >= 4 is 11.7 Å². The summed E-state index contributed by atoms with van der Waals surface area (Å²) in [6.07, 6.45) is 3.13. The van der Waals surface area contributed by atoms with Gasteiger partial charge in [0.05, 0.1) is 6.04 Å². The third-order valence-electron chi connectivity index (χ3n) is 5.58. The predicted molar refractivity (Wildman–Crippen MR) is 109 cm³/mol. The van der Waals surface area contributed by atoms with Crippen LogP contribution in [-0.2, 0) is 6.42 Å². The third-order valence-corrected chi connectivity index (χ3v) is 5.58. The van der Waals surface area contributed by atoms with Crippen molar-refractivity contribution in [2.45, 2.75) is 53.0 Å². The number of nitrogens with one attached hydrogen (secondary N) is 1. The highest BCUT2D eigenvalue weighted by atomic mass is 16.2. The van der Waals surface area contributed by atoms with E-state index in [1.165, 1.54) is 16.7 Å². The number of para-hydroxylation sites is 1. The molecule has 3 rings (SSSR count). The number of anilines is 1. The first kappa shape index (κ1) is 18.5. The smallest absolute Gasteiger partial charge is 0.317 e. The minimum Gasteiger partial charge on any atom is -0.317 e. The third kappa shape index (κ3) is 3.77. The predicted octanol–water partition coefficient (Wildman–Crippen LogP) is 5.87. The highest BCUT2D eigenvalue weighted by molar-refractivity contribution is 5.91. The SMILES string of the molecule is CCc1cccc(C)c1NC(=O)N1CCCC(C)C1c1ccc(C)cc1. The van der Waals surface area contributed by atoms with Crippen LogP contribution in [0.3, 0.4) is 0 Å². The second-order valence-corrected chi connectivity index (χ2v) is 7.56. The average molecular weight is 351 g/mol. The van der Waals surface area contributed by atoms with E-state index in [1.807, 2.05) is 4.90 Å². The van der Waals surface area contributed by atoms with E-state index < -0.39 is 0 Å². The van der Waals surface area contributed by atoms with Gasteiger partial charge in [-0.3, -0.25) is 0 Å². The van der Waals surface area contributed by atoms with E-state index in [4.69, 9.17) is 0 Å². The molecule has 0 spiro atoms. The quantitative estimate of drug-likeness (QED) is 0.737. The van der Waals surface area contributed by atoms with Crippen molar-refractivity contribution in [1.29, 1.82) is 0 Å². The second kappa shape index (κ2) is 7.94. The van der Waals surface area contributed by atoms with Crippen molar-refractivity contribution in [2.24, 2.45) is 5.92 Å². The zero-order chi connectivity index (χ0) is 18.7. The Morgan fingerprint density at radius 3 is 2.58 bits per heavy atom. The number of rotatable bonds is 3. The number of urea groups is 1. The van der Waals surface area contributed by atoms with Gasteiger partial charge in [-0.1, -0.05) is 61.9 Å². The van der Waals surface area contributed by atoms with Crippen LogP contribution in [0.4, 0.5) is 10.5 Å². The van der Waals surface area contributed by atoms with Gasteiger partial charge in [0.15, 0.2) is 0 Å². The molecule has 0 bridgehead atoms. The summed E-state index contributed by atoms with van der Waals surface area (Å²) in [5, 5.41) is 3.22. The maximum absolute atomic E-state index is 13.2. The van der Waals surface area contributed by atoms with Crippen LogP contribution in [0.1, 0.15) is 55.0 Å². The Hall–Kier alpha value is -2.29. The van der Waals surface area contributed by atoms with Gasteiger partial charge in [0.25, 0.3) is 0 Å². The van der Waals surface area contributed by atoms with Crippen LogP contribution in [-0.4, -0.2) is 17.5 Å². The highest BCUT2D eigenvalue weighted by Crippen LogP contribution is 2.36. The molecular weight excluding hydrogens is 320 g/mol. The fourth-order valence-electron chi connectivity index (χ4n) is 4.07. The van der Waals surface area contributed by atoms with Gasteiger partial charge in [-0.15, -0.1) is 0 Å². The van der Waals surface area contributed by atoms with E-state index in [-0.39, 0.29) is 12.1 Å². The summed E-state index contributed by atoms with van der Waals surface area (Å²) in [7, 11) is 0. The first-order valence-electron chi connectivity index (χ1n) is 9.74. The Balaban J connectivity index is 1.88. The van der Waals surface area contributed by atoms with Crippen LogP contribution in [0.15, 0.2) is 42.5 Å². The molecule has 1 heterocycles. The zero-order valence-corrected chi connectivity index (χ0v) is 16.4. The maximum atomic E-state index is 13.2. The number of carbonyl (C=O) groups is 1. The number of hydrogen-bond donors (Lipinski definition) is 1. The van der Waals surface area contributed by atoms with E-state index in [0.29, 0.717) is 5.92 Å². The van der Waals surface area contributed by atoms with Crippen molar-refractivity contribution in [2.75, 3.05) is 11.9 Å². The summed E-state index contributed by atoms with van der Waals surface area (Å²) in [6.45, 7) is 9.35. The lowest BCUT2D eigenvalue weighted by molar-refractivity contribution is 0.129. The Morgan fingerprint density at radius 2 is 1.88 bits per heavy atom. The molecule has 2 unspecified atom stereocenters. The highest BCUT2D eigenvalue weighted by Gasteiger charge is 2.33. The van der Waals surface area contributed by atoms with E-state index in [2.05, 4.69) is 75.5 Å². The molecule has 0 aromatic heterocycles. The lowest BCUT2D eigenvalue weighted by atomic mass is 9.86. The first-order valence-corrected chi connectivity index (χ1v) is 9.74. The molecule has 0 radical (unpaired) electrons. The van der Waals surface area contributed by atoms with Crippen molar-refractivity contribution in [3.8, 4) is 0 Å². The molecule has 1 fully saturated rings. The van der Waals surface area contributed by atoms with Crippen molar-refractivity contribution < 1.29 is 4.79 Å². The second-order valence-electron chi connectivity index (χ2n) is 7.56. The number of nitrogens with zero attached hydrogens (tertiary/aromatic N) is 1. The summed E-state index contributed by atoms with van der Waals surface area (Å²) >= 11 is 0. The number of amides is 2. The van der Waals surface area contributed by atoms with Crippen LogP contribution in [0.2, 0.25) is 0 Å². The minimum absolute atomic E-state index is 0.0196. The largest absolute Gasteiger partial charge is 0.322 e. The Morgan fingerprint density at radius 1 is 1.15 bits per heavy atom.